The van der Waals surface area contributed by atoms with Crippen molar-refractivity contribution in [2.24, 2.45) is 0 Å². The maximum atomic E-state index is 12.1. The summed E-state index contributed by atoms with van der Waals surface area (Å²) in [5, 5.41) is 2.50. The highest BCUT2D eigenvalue weighted by molar-refractivity contribution is 5.85. The Morgan fingerprint density at radius 3 is 2.46 bits per heavy atom. The van der Waals surface area contributed by atoms with Crippen LogP contribution < -0.4 is 14.8 Å². The summed E-state index contributed by atoms with van der Waals surface area (Å²) in [7, 11) is 6.62. The van der Waals surface area contributed by atoms with Gasteiger partial charge in [-0.15, -0.1) is 0 Å². The summed E-state index contributed by atoms with van der Waals surface area (Å²) in [6.07, 6.45) is 0. The monoisotopic (exact) mass is 337 g/mol. The van der Waals surface area contributed by atoms with E-state index in [4.69, 9.17) is 9.47 Å². The second-order valence-corrected chi connectivity index (χ2v) is 5.51. The van der Waals surface area contributed by atoms with Crippen LogP contribution in [0.1, 0.15) is 12.5 Å². The highest BCUT2D eigenvalue weighted by Crippen LogP contribution is 2.28. The van der Waals surface area contributed by atoms with Crippen LogP contribution in [-0.2, 0) is 16.1 Å². The molecule has 0 saturated carbocycles. The lowest BCUT2D eigenvalue weighted by Gasteiger charge is -2.21. The highest BCUT2D eigenvalue weighted by atomic mass is 16.5. The highest BCUT2D eigenvalue weighted by Gasteiger charge is 2.15. The molecule has 2 amide bonds. The fourth-order valence-corrected chi connectivity index (χ4v) is 2.19. The van der Waals surface area contributed by atoms with Crippen LogP contribution >= 0.6 is 0 Å². The zero-order chi connectivity index (χ0) is 18.1. The third-order valence-electron chi connectivity index (χ3n) is 3.47. The number of hydrogen-bond donors (Lipinski definition) is 1. The summed E-state index contributed by atoms with van der Waals surface area (Å²) in [5.41, 5.74) is 1.01. The van der Waals surface area contributed by atoms with Crippen molar-refractivity contribution in [1.29, 1.82) is 0 Å². The molecule has 0 heterocycles. The Kier molecular flexibility index (Phi) is 8.05. The SMILES string of the molecule is CCOc1ccc(CN(C)CC(=O)N(C)CC(=O)NC)cc1OC. The number of hydrogen-bond acceptors (Lipinski definition) is 5. The van der Waals surface area contributed by atoms with E-state index in [1.54, 1.807) is 21.2 Å². The summed E-state index contributed by atoms with van der Waals surface area (Å²) < 4.78 is 10.8. The second-order valence-electron chi connectivity index (χ2n) is 5.51. The van der Waals surface area contributed by atoms with Crippen molar-refractivity contribution in [1.82, 2.24) is 15.1 Å². The predicted octanol–water partition coefficient (Wildman–Crippen LogP) is 0.730. The molecule has 0 fully saturated rings. The molecule has 0 aliphatic carbocycles. The first kappa shape index (κ1) is 19.8. The number of carbonyl (C=O) groups is 2. The molecule has 24 heavy (non-hydrogen) atoms. The van der Waals surface area contributed by atoms with E-state index in [1.807, 2.05) is 37.1 Å². The van der Waals surface area contributed by atoms with E-state index in [-0.39, 0.29) is 24.9 Å². The van der Waals surface area contributed by atoms with Crippen molar-refractivity contribution in [2.45, 2.75) is 13.5 Å². The van der Waals surface area contributed by atoms with Gasteiger partial charge in [-0.05, 0) is 31.7 Å². The average molecular weight is 337 g/mol. The molecule has 0 aliphatic heterocycles. The number of nitrogens with one attached hydrogen (secondary N) is 1. The van der Waals surface area contributed by atoms with Crippen LogP contribution in [0.25, 0.3) is 0 Å². The number of ether oxygens (including phenoxy) is 2. The van der Waals surface area contributed by atoms with Gasteiger partial charge in [-0.25, -0.2) is 0 Å². The number of methoxy groups -OCH3 is 1. The summed E-state index contributed by atoms with van der Waals surface area (Å²) in [4.78, 5) is 26.7. The average Bonchev–Trinajstić information content (AvgIpc) is 2.55. The molecule has 134 valence electrons. The van der Waals surface area contributed by atoms with Gasteiger partial charge < -0.3 is 19.7 Å². The van der Waals surface area contributed by atoms with Crippen LogP contribution in [0.4, 0.5) is 0 Å². The Bertz CT molecular complexity index is 563. The molecule has 0 spiro atoms. The zero-order valence-corrected chi connectivity index (χ0v) is 15.1. The van der Waals surface area contributed by atoms with Gasteiger partial charge in [0.1, 0.15) is 0 Å². The molecule has 1 N–H and O–H groups in total. The zero-order valence-electron chi connectivity index (χ0n) is 15.1. The molecule has 0 unspecified atom stereocenters. The standard InChI is InChI=1S/C17H27N3O4/c1-6-24-14-8-7-13(9-15(14)23-5)10-19(3)12-17(22)20(4)11-16(21)18-2/h7-9H,6,10-12H2,1-5H3,(H,18,21). The Morgan fingerprint density at radius 1 is 1.17 bits per heavy atom. The largest absolute Gasteiger partial charge is 0.493 e. The molecule has 0 atom stereocenters. The van der Waals surface area contributed by atoms with Crippen LogP contribution in [0.15, 0.2) is 18.2 Å². The minimum absolute atomic E-state index is 0.0556. The third kappa shape index (κ3) is 6.08. The van der Waals surface area contributed by atoms with E-state index >= 15 is 0 Å². The Balaban J connectivity index is 2.62. The Morgan fingerprint density at radius 2 is 1.88 bits per heavy atom. The number of rotatable bonds is 9. The molecule has 7 heteroatoms. The van der Waals surface area contributed by atoms with Gasteiger partial charge in [0, 0.05) is 20.6 Å². The molecule has 0 radical (unpaired) electrons. The number of amides is 2. The number of carbonyl (C=O) groups excluding carboxylic acids is 2. The third-order valence-corrected chi connectivity index (χ3v) is 3.47. The lowest BCUT2D eigenvalue weighted by Crippen LogP contribution is -2.41. The molecule has 1 aromatic carbocycles. The van der Waals surface area contributed by atoms with E-state index in [1.165, 1.54) is 4.90 Å². The molecular formula is C17H27N3O4. The quantitative estimate of drug-likeness (QED) is 0.719. The number of likely N-dealkylation sites (N-methyl/N-ethyl adjacent to an activating group) is 3. The van der Waals surface area contributed by atoms with Crippen LogP contribution in [0.3, 0.4) is 0 Å². The van der Waals surface area contributed by atoms with Crippen molar-refractivity contribution >= 4 is 11.8 Å². The van der Waals surface area contributed by atoms with Gasteiger partial charge in [0.2, 0.25) is 11.8 Å². The number of benzene rings is 1. The van der Waals surface area contributed by atoms with Crippen LogP contribution in [0, 0.1) is 0 Å². The maximum Gasteiger partial charge on any atom is 0.239 e. The van der Waals surface area contributed by atoms with Gasteiger partial charge in [-0.2, -0.15) is 0 Å². The first-order chi connectivity index (χ1) is 11.4. The smallest absolute Gasteiger partial charge is 0.239 e. The van der Waals surface area contributed by atoms with Gasteiger partial charge in [0.25, 0.3) is 0 Å². The fourth-order valence-electron chi connectivity index (χ4n) is 2.19. The minimum Gasteiger partial charge on any atom is -0.493 e. The van der Waals surface area contributed by atoms with E-state index in [9.17, 15) is 9.59 Å². The number of nitrogens with zero attached hydrogens (tertiary/aromatic N) is 2. The molecule has 1 rings (SSSR count). The van der Waals surface area contributed by atoms with E-state index in [0.717, 1.165) is 5.56 Å². The van der Waals surface area contributed by atoms with E-state index in [0.29, 0.717) is 24.7 Å². The Labute approximate surface area is 143 Å². The molecule has 7 nitrogen and oxygen atoms in total. The van der Waals surface area contributed by atoms with Gasteiger partial charge in [0.05, 0.1) is 26.8 Å². The Hall–Kier alpha value is -2.28. The van der Waals surface area contributed by atoms with Crippen molar-refractivity contribution in [3.8, 4) is 11.5 Å². The van der Waals surface area contributed by atoms with E-state index in [2.05, 4.69) is 5.32 Å². The minimum atomic E-state index is -0.190. The van der Waals surface area contributed by atoms with Gasteiger partial charge in [-0.1, -0.05) is 6.07 Å². The van der Waals surface area contributed by atoms with Crippen molar-refractivity contribution in [3.63, 3.8) is 0 Å². The lowest BCUT2D eigenvalue weighted by atomic mass is 10.2. The fraction of sp³-hybridized carbons (Fsp3) is 0.529. The van der Waals surface area contributed by atoms with E-state index < -0.39 is 0 Å². The predicted molar refractivity (Wildman–Crippen MR) is 92.2 cm³/mol. The van der Waals surface area contributed by atoms with Crippen LogP contribution in [-0.4, -0.2) is 69.6 Å². The van der Waals surface area contributed by atoms with Crippen molar-refractivity contribution in [3.05, 3.63) is 23.8 Å². The van der Waals surface area contributed by atoms with Crippen LogP contribution in [0.2, 0.25) is 0 Å². The molecule has 1 aromatic rings. The van der Waals surface area contributed by atoms with Gasteiger partial charge in [0.15, 0.2) is 11.5 Å². The topological polar surface area (TPSA) is 71.1 Å². The first-order valence-corrected chi connectivity index (χ1v) is 7.84. The van der Waals surface area contributed by atoms with Crippen LogP contribution in [0.5, 0.6) is 11.5 Å². The van der Waals surface area contributed by atoms with Gasteiger partial charge >= 0.3 is 0 Å². The van der Waals surface area contributed by atoms with Gasteiger partial charge in [-0.3, -0.25) is 14.5 Å². The molecule has 0 aromatic heterocycles. The molecular weight excluding hydrogens is 310 g/mol. The van der Waals surface area contributed by atoms with Crippen molar-refractivity contribution in [2.75, 3.05) is 47.9 Å². The molecule has 0 saturated heterocycles. The second kappa shape index (κ2) is 9.77. The van der Waals surface area contributed by atoms with Crippen molar-refractivity contribution < 1.29 is 19.1 Å². The maximum absolute atomic E-state index is 12.1. The summed E-state index contributed by atoms with van der Waals surface area (Å²) in [6, 6.07) is 5.72. The molecule has 0 aliphatic rings. The molecule has 0 bridgehead atoms. The summed E-state index contributed by atoms with van der Waals surface area (Å²) in [6.45, 7) is 3.36. The lowest BCUT2D eigenvalue weighted by molar-refractivity contribution is -0.135. The summed E-state index contributed by atoms with van der Waals surface area (Å²) in [5.74, 6) is 1.07. The summed E-state index contributed by atoms with van der Waals surface area (Å²) >= 11 is 0. The first-order valence-electron chi connectivity index (χ1n) is 7.84. The normalized spacial score (nSPS) is 10.4.